The van der Waals surface area contributed by atoms with Crippen molar-refractivity contribution in [3.05, 3.63) is 11.8 Å². The fourth-order valence-corrected chi connectivity index (χ4v) is 2.44. The van der Waals surface area contributed by atoms with Crippen LogP contribution in [-0.2, 0) is 11.3 Å². The van der Waals surface area contributed by atoms with Gasteiger partial charge in [0.15, 0.2) is 5.69 Å². The number of hydrogen-bond acceptors (Lipinski definition) is 4. The summed E-state index contributed by atoms with van der Waals surface area (Å²) in [6.45, 7) is 2.23. The molecule has 0 aliphatic carbocycles. The van der Waals surface area contributed by atoms with Crippen molar-refractivity contribution in [3.63, 3.8) is 0 Å². The topological polar surface area (TPSA) is 79.4 Å². The molecule has 2 aliphatic rings. The molecule has 2 aliphatic heterocycles. The van der Waals surface area contributed by atoms with E-state index < -0.39 is 5.91 Å². The lowest BCUT2D eigenvalue weighted by atomic mass is 9.89. The lowest BCUT2D eigenvalue weighted by Crippen LogP contribution is -2.45. The van der Waals surface area contributed by atoms with Crippen molar-refractivity contribution < 1.29 is 14.3 Å². The summed E-state index contributed by atoms with van der Waals surface area (Å²) < 4.78 is 13.1. The minimum atomic E-state index is -0.517. The first-order valence-electron chi connectivity index (χ1n) is 5.83. The van der Waals surface area contributed by atoms with Crippen LogP contribution >= 0.6 is 0 Å². The number of nitrogens with two attached hydrogens (primary N) is 1. The second-order valence-electron chi connectivity index (χ2n) is 4.60. The summed E-state index contributed by atoms with van der Waals surface area (Å²) in [4.78, 5) is 11.1. The second-order valence-corrected chi connectivity index (χ2v) is 4.60. The van der Waals surface area contributed by atoms with E-state index in [1.165, 1.54) is 0 Å². The monoisotopic (exact) mass is 237 g/mol. The maximum Gasteiger partial charge on any atom is 0.269 e. The Bertz CT molecular complexity index is 449. The van der Waals surface area contributed by atoms with Gasteiger partial charge in [-0.3, -0.25) is 4.79 Å². The van der Waals surface area contributed by atoms with Crippen LogP contribution in [0.1, 0.15) is 29.8 Å². The van der Waals surface area contributed by atoms with E-state index in [-0.39, 0.29) is 11.3 Å². The largest absolute Gasteiger partial charge is 0.471 e. The Kier molecular flexibility index (Phi) is 2.32. The van der Waals surface area contributed by atoms with Crippen LogP contribution < -0.4 is 10.5 Å². The predicted molar refractivity (Wildman–Crippen MR) is 58.8 cm³/mol. The van der Waals surface area contributed by atoms with E-state index in [2.05, 4.69) is 5.10 Å². The number of aromatic nitrogens is 2. The Hall–Kier alpha value is -1.56. The van der Waals surface area contributed by atoms with Gasteiger partial charge in [-0.2, -0.15) is 5.10 Å². The highest BCUT2D eigenvalue weighted by Gasteiger charge is 2.38. The second kappa shape index (κ2) is 3.73. The molecule has 1 saturated heterocycles. The van der Waals surface area contributed by atoms with Gasteiger partial charge in [0.25, 0.3) is 5.91 Å². The van der Waals surface area contributed by atoms with E-state index in [1.54, 1.807) is 10.7 Å². The molecule has 17 heavy (non-hydrogen) atoms. The van der Waals surface area contributed by atoms with E-state index in [1.807, 2.05) is 0 Å². The lowest BCUT2D eigenvalue weighted by Gasteiger charge is -2.40. The standard InChI is InChI=1S/C11H15N3O3/c12-10(15)8-7-9-14(13-8)4-1-11(17-9)2-5-16-6-3-11/h7H,1-6H2,(H2,12,15). The van der Waals surface area contributed by atoms with Crippen LogP contribution in [0.15, 0.2) is 6.07 Å². The Morgan fingerprint density at radius 1 is 1.41 bits per heavy atom. The summed E-state index contributed by atoms with van der Waals surface area (Å²) >= 11 is 0. The first-order valence-corrected chi connectivity index (χ1v) is 5.83. The first-order chi connectivity index (χ1) is 8.19. The molecule has 1 fully saturated rings. The Labute approximate surface area is 98.7 Å². The van der Waals surface area contributed by atoms with Gasteiger partial charge in [-0.15, -0.1) is 0 Å². The van der Waals surface area contributed by atoms with Gasteiger partial charge in [-0.05, 0) is 0 Å². The van der Waals surface area contributed by atoms with Gasteiger partial charge in [0.1, 0.15) is 5.60 Å². The molecule has 0 atom stereocenters. The van der Waals surface area contributed by atoms with Gasteiger partial charge in [-0.1, -0.05) is 0 Å². The molecule has 0 saturated carbocycles. The van der Waals surface area contributed by atoms with Crippen LogP contribution in [0.3, 0.4) is 0 Å². The highest BCUT2D eigenvalue weighted by molar-refractivity contribution is 5.91. The molecule has 3 heterocycles. The quantitative estimate of drug-likeness (QED) is 0.762. The van der Waals surface area contributed by atoms with Crippen LogP contribution in [0, 0.1) is 0 Å². The van der Waals surface area contributed by atoms with E-state index in [0.717, 1.165) is 39.0 Å². The Morgan fingerprint density at radius 3 is 2.88 bits per heavy atom. The molecule has 92 valence electrons. The number of aryl methyl sites for hydroxylation is 1. The van der Waals surface area contributed by atoms with Crippen molar-refractivity contribution in [2.24, 2.45) is 5.73 Å². The molecular weight excluding hydrogens is 222 g/mol. The molecule has 6 heteroatoms. The number of primary amides is 1. The van der Waals surface area contributed by atoms with Crippen molar-refractivity contribution in [3.8, 4) is 5.88 Å². The van der Waals surface area contributed by atoms with Gasteiger partial charge in [0.05, 0.1) is 13.2 Å². The molecule has 6 nitrogen and oxygen atoms in total. The molecular formula is C11H15N3O3. The van der Waals surface area contributed by atoms with Gasteiger partial charge < -0.3 is 15.2 Å². The number of ether oxygens (including phenoxy) is 2. The molecule has 0 radical (unpaired) electrons. The molecule has 1 aromatic heterocycles. The van der Waals surface area contributed by atoms with E-state index >= 15 is 0 Å². The molecule has 2 N–H and O–H groups in total. The smallest absolute Gasteiger partial charge is 0.269 e. The van der Waals surface area contributed by atoms with Crippen molar-refractivity contribution in [2.45, 2.75) is 31.4 Å². The van der Waals surface area contributed by atoms with Crippen LogP contribution in [0.5, 0.6) is 5.88 Å². The molecule has 0 bridgehead atoms. The van der Waals surface area contributed by atoms with Crippen LogP contribution in [0.25, 0.3) is 0 Å². The summed E-state index contributed by atoms with van der Waals surface area (Å²) in [5, 5.41) is 4.11. The molecule has 1 spiro atoms. The van der Waals surface area contributed by atoms with Crippen LogP contribution in [-0.4, -0.2) is 34.5 Å². The van der Waals surface area contributed by atoms with E-state index in [0.29, 0.717) is 5.88 Å². The summed E-state index contributed by atoms with van der Waals surface area (Å²) in [6.07, 6.45) is 2.69. The Morgan fingerprint density at radius 2 is 2.18 bits per heavy atom. The number of carbonyl (C=O) groups excluding carboxylic acids is 1. The van der Waals surface area contributed by atoms with Gasteiger partial charge in [0.2, 0.25) is 5.88 Å². The third-order valence-corrected chi connectivity index (χ3v) is 3.50. The fourth-order valence-electron chi connectivity index (χ4n) is 2.44. The van der Waals surface area contributed by atoms with Gasteiger partial charge in [-0.25, -0.2) is 4.68 Å². The molecule has 3 rings (SSSR count). The molecule has 1 aromatic rings. The molecule has 0 unspecified atom stereocenters. The zero-order chi connectivity index (χ0) is 11.9. The molecule has 1 amide bonds. The zero-order valence-corrected chi connectivity index (χ0v) is 9.52. The number of rotatable bonds is 1. The number of fused-ring (bicyclic) bond motifs is 1. The normalized spacial score (nSPS) is 21.9. The first kappa shape index (κ1) is 10.6. The number of amides is 1. The number of hydrogen-bond donors (Lipinski definition) is 1. The maximum absolute atomic E-state index is 11.1. The minimum Gasteiger partial charge on any atom is -0.471 e. The number of nitrogens with zero attached hydrogens (tertiary/aromatic N) is 2. The molecule has 0 aromatic carbocycles. The summed E-state index contributed by atoms with van der Waals surface area (Å²) in [5.41, 5.74) is 5.34. The number of carbonyl (C=O) groups is 1. The lowest BCUT2D eigenvalue weighted by molar-refractivity contribution is -0.0698. The van der Waals surface area contributed by atoms with Crippen molar-refractivity contribution >= 4 is 5.91 Å². The highest BCUT2D eigenvalue weighted by Crippen LogP contribution is 2.35. The summed E-state index contributed by atoms with van der Waals surface area (Å²) in [5.74, 6) is 0.128. The van der Waals surface area contributed by atoms with Crippen molar-refractivity contribution in [2.75, 3.05) is 13.2 Å². The van der Waals surface area contributed by atoms with Crippen LogP contribution in [0.4, 0.5) is 0 Å². The van der Waals surface area contributed by atoms with E-state index in [4.69, 9.17) is 15.2 Å². The van der Waals surface area contributed by atoms with Crippen molar-refractivity contribution in [1.82, 2.24) is 9.78 Å². The predicted octanol–water partition coefficient (Wildman–Crippen LogP) is 0.314. The minimum absolute atomic E-state index is 0.136. The van der Waals surface area contributed by atoms with E-state index in [9.17, 15) is 4.79 Å². The Balaban J connectivity index is 1.86. The average molecular weight is 237 g/mol. The van der Waals surface area contributed by atoms with Crippen LogP contribution in [0.2, 0.25) is 0 Å². The van der Waals surface area contributed by atoms with Crippen molar-refractivity contribution in [1.29, 1.82) is 0 Å². The SMILES string of the molecule is NC(=O)c1cc2n(n1)CCC1(CCOCC1)O2. The third kappa shape index (κ3) is 1.78. The summed E-state index contributed by atoms with van der Waals surface area (Å²) in [7, 11) is 0. The van der Waals surface area contributed by atoms with Gasteiger partial charge >= 0.3 is 0 Å². The third-order valence-electron chi connectivity index (χ3n) is 3.50. The average Bonchev–Trinajstić information content (AvgIpc) is 2.73. The van der Waals surface area contributed by atoms with Gasteiger partial charge in [0, 0.05) is 31.9 Å². The maximum atomic E-state index is 11.1. The zero-order valence-electron chi connectivity index (χ0n) is 9.52. The summed E-state index contributed by atoms with van der Waals surface area (Å²) in [6, 6.07) is 1.62. The highest BCUT2D eigenvalue weighted by atomic mass is 16.5. The fraction of sp³-hybridized carbons (Fsp3) is 0.636.